The number of benzene rings is 2. The summed E-state index contributed by atoms with van der Waals surface area (Å²) < 4.78 is 31.9. The standard InChI is InChI=1S/C15H14ClF2NO/c1-2-19-9-10-7-11(17)3-5-14(10)20-15-6-4-12(18)8-13(15)16/h3-8,19H,2,9H2,1H3. The maximum atomic E-state index is 13.3. The highest BCUT2D eigenvalue weighted by atomic mass is 35.5. The van der Waals surface area contributed by atoms with E-state index in [1.54, 1.807) is 0 Å². The normalized spacial score (nSPS) is 10.6. The Kier molecular flexibility index (Phi) is 4.93. The Balaban J connectivity index is 2.27. The first-order chi connectivity index (χ1) is 9.60. The number of nitrogens with one attached hydrogen (secondary N) is 1. The summed E-state index contributed by atoms with van der Waals surface area (Å²) in [6, 6.07) is 8.11. The van der Waals surface area contributed by atoms with Gasteiger partial charge < -0.3 is 10.1 Å². The van der Waals surface area contributed by atoms with Gasteiger partial charge in [-0.2, -0.15) is 0 Å². The summed E-state index contributed by atoms with van der Waals surface area (Å²) >= 11 is 5.91. The minimum atomic E-state index is -0.436. The molecule has 0 aliphatic rings. The van der Waals surface area contributed by atoms with E-state index in [4.69, 9.17) is 16.3 Å². The lowest BCUT2D eigenvalue weighted by Crippen LogP contribution is -2.12. The van der Waals surface area contributed by atoms with Crippen molar-refractivity contribution in [3.05, 3.63) is 58.6 Å². The third kappa shape index (κ3) is 3.68. The van der Waals surface area contributed by atoms with Crippen molar-refractivity contribution in [1.29, 1.82) is 0 Å². The highest BCUT2D eigenvalue weighted by Gasteiger charge is 2.09. The summed E-state index contributed by atoms with van der Waals surface area (Å²) in [5.74, 6) is 0.0445. The number of halogens is 3. The number of hydrogen-bond donors (Lipinski definition) is 1. The summed E-state index contributed by atoms with van der Waals surface area (Å²) in [7, 11) is 0. The molecule has 0 spiro atoms. The van der Waals surface area contributed by atoms with Crippen LogP contribution in [0, 0.1) is 11.6 Å². The molecule has 5 heteroatoms. The van der Waals surface area contributed by atoms with Gasteiger partial charge in [0.15, 0.2) is 0 Å². The summed E-state index contributed by atoms with van der Waals surface area (Å²) in [6.07, 6.45) is 0. The second-order valence-electron chi connectivity index (χ2n) is 4.21. The fourth-order valence-corrected chi connectivity index (χ4v) is 1.93. The van der Waals surface area contributed by atoms with E-state index >= 15 is 0 Å². The van der Waals surface area contributed by atoms with E-state index in [0.717, 1.165) is 6.54 Å². The predicted octanol–water partition coefficient (Wildman–Crippen LogP) is 4.52. The molecular weight excluding hydrogens is 284 g/mol. The van der Waals surface area contributed by atoms with Crippen LogP contribution in [0.25, 0.3) is 0 Å². The van der Waals surface area contributed by atoms with Gasteiger partial charge in [-0.3, -0.25) is 0 Å². The van der Waals surface area contributed by atoms with Crippen LogP contribution in [-0.4, -0.2) is 6.54 Å². The molecule has 0 bridgehead atoms. The molecule has 2 aromatic rings. The summed E-state index contributed by atoms with van der Waals surface area (Å²) in [6.45, 7) is 3.19. The first-order valence-electron chi connectivity index (χ1n) is 6.22. The molecule has 20 heavy (non-hydrogen) atoms. The fourth-order valence-electron chi connectivity index (χ4n) is 1.72. The summed E-state index contributed by atoms with van der Waals surface area (Å²) in [5, 5.41) is 3.27. The maximum Gasteiger partial charge on any atom is 0.146 e. The zero-order chi connectivity index (χ0) is 14.5. The molecular formula is C15H14ClF2NO. The van der Waals surface area contributed by atoms with Crippen LogP contribution in [0.1, 0.15) is 12.5 Å². The molecule has 106 valence electrons. The van der Waals surface area contributed by atoms with Crippen LogP contribution in [0.5, 0.6) is 11.5 Å². The third-order valence-electron chi connectivity index (χ3n) is 2.70. The Morgan fingerprint density at radius 2 is 1.70 bits per heavy atom. The lowest BCUT2D eigenvalue weighted by Gasteiger charge is -2.12. The van der Waals surface area contributed by atoms with Crippen LogP contribution >= 0.6 is 11.6 Å². The van der Waals surface area contributed by atoms with Crippen molar-refractivity contribution in [2.75, 3.05) is 6.54 Å². The molecule has 2 aromatic carbocycles. The zero-order valence-electron chi connectivity index (χ0n) is 10.9. The van der Waals surface area contributed by atoms with Crippen LogP contribution in [0.3, 0.4) is 0 Å². The Hall–Kier alpha value is -1.65. The average molecular weight is 298 g/mol. The number of hydrogen-bond acceptors (Lipinski definition) is 2. The van der Waals surface area contributed by atoms with E-state index in [-0.39, 0.29) is 10.8 Å². The molecule has 0 atom stereocenters. The summed E-state index contributed by atoms with van der Waals surface area (Å²) in [5.41, 5.74) is 0.673. The molecule has 0 fully saturated rings. The lowest BCUT2D eigenvalue weighted by molar-refractivity contribution is 0.469. The van der Waals surface area contributed by atoms with Gasteiger partial charge >= 0.3 is 0 Å². The molecule has 0 saturated carbocycles. The van der Waals surface area contributed by atoms with E-state index in [2.05, 4.69) is 5.32 Å². The molecule has 0 heterocycles. The van der Waals surface area contributed by atoms with Gasteiger partial charge in [0.05, 0.1) is 5.02 Å². The van der Waals surface area contributed by atoms with E-state index in [1.165, 1.54) is 36.4 Å². The quantitative estimate of drug-likeness (QED) is 0.876. The Labute approximate surface area is 121 Å². The first kappa shape index (κ1) is 14.8. The van der Waals surface area contributed by atoms with Crippen molar-refractivity contribution in [2.45, 2.75) is 13.5 Å². The van der Waals surface area contributed by atoms with Gasteiger partial charge in [-0.25, -0.2) is 8.78 Å². The highest BCUT2D eigenvalue weighted by molar-refractivity contribution is 6.32. The van der Waals surface area contributed by atoms with Crippen LogP contribution in [0.15, 0.2) is 36.4 Å². The van der Waals surface area contributed by atoms with Crippen LogP contribution in [0.2, 0.25) is 5.02 Å². The second kappa shape index (κ2) is 6.68. The van der Waals surface area contributed by atoms with Gasteiger partial charge in [-0.15, -0.1) is 0 Å². The number of ether oxygens (including phenoxy) is 1. The van der Waals surface area contributed by atoms with E-state index in [9.17, 15) is 8.78 Å². The molecule has 0 aliphatic carbocycles. The van der Waals surface area contributed by atoms with Gasteiger partial charge in [0, 0.05) is 12.1 Å². The van der Waals surface area contributed by atoms with Gasteiger partial charge in [-0.05, 0) is 42.9 Å². The van der Waals surface area contributed by atoms with Crippen molar-refractivity contribution in [3.8, 4) is 11.5 Å². The first-order valence-corrected chi connectivity index (χ1v) is 6.60. The molecule has 2 nitrogen and oxygen atoms in total. The maximum absolute atomic E-state index is 13.3. The third-order valence-corrected chi connectivity index (χ3v) is 3.00. The van der Waals surface area contributed by atoms with Crippen molar-refractivity contribution in [2.24, 2.45) is 0 Å². The van der Waals surface area contributed by atoms with Gasteiger partial charge in [0.2, 0.25) is 0 Å². The van der Waals surface area contributed by atoms with Gasteiger partial charge in [0.1, 0.15) is 23.1 Å². The second-order valence-corrected chi connectivity index (χ2v) is 4.62. The zero-order valence-corrected chi connectivity index (χ0v) is 11.7. The Morgan fingerprint density at radius 1 is 1.05 bits per heavy atom. The van der Waals surface area contributed by atoms with E-state index in [1.807, 2.05) is 6.92 Å². The van der Waals surface area contributed by atoms with Gasteiger partial charge in [0.25, 0.3) is 0 Å². The lowest BCUT2D eigenvalue weighted by atomic mass is 10.2. The summed E-state index contributed by atoms with van der Waals surface area (Å²) in [4.78, 5) is 0. The van der Waals surface area contributed by atoms with Crippen molar-refractivity contribution < 1.29 is 13.5 Å². The number of rotatable bonds is 5. The highest BCUT2D eigenvalue weighted by Crippen LogP contribution is 2.32. The van der Waals surface area contributed by atoms with Crippen LogP contribution in [0.4, 0.5) is 8.78 Å². The molecule has 0 aromatic heterocycles. The van der Waals surface area contributed by atoms with Gasteiger partial charge in [-0.1, -0.05) is 18.5 Å². The van der Waals surface area contributed by atoms with Crippen molar-refractivity contribution in [3.63, 3.8) is 0 Å². The molecule has 0 amide bonds. The minimum Gasteiger partial charge on any atom is -0.455 e. The Bertz CT molecular complexity index is 604. The SMILES string of the molecule is CCNCc1cc(F)ccc1Oc1ccc(F)cc1Cl. The van der Waals surface area contributed by atoms with Crippen LogP contribution in [-0.2, 0) is 6.54 Å². The topological polar surface area (TPSA) is 21.3 Å². The smallest absolute Gasteiger partial charge is 0.146 e. The van der Waals surface area contributed by atoms with Crippen molar-refractivity contribution in [1.82, 2.24) is 5.32 Å². The van der Waals surface area contributed by atoms with Crippen molar-refractivity contribution >= 4 is 11.6 Å². The molecule has 0 unspecified atom stereocenters. The minimum absolute atomic E-state index is 0.170. The van der Waals surface area contributed by atoms with E-state index < -0.39 is 5.82 Å². The molecule has 2 rings (SSSR count). The Morgan fingerprint density at radius 3 is 2.35 bits per heavy atom. The average Bonchev–Trinajstić information content (AvgIpc) is 2.41. The van der Waals surface area contributed by atoms with Crippen LogP contribution < -0.4 is 10.1 Å². The largest absolute Gasteiger partial charge is 0.455 e. The fraction of sp³-hybridized carbons (Fsp3) is 0.200. The predicted molar refractivity (Wildman–Crippen MR) is 75.3 cm³/mol. The molecule has 0 aliphatic heterocycles. The van der Waals surface area contributed by atoms with E-state index in [0.29, 0.717) is 23.6 Å². The molecule has 0 radical (unpaired) electrons. The molecule has 0 saturated heterocycles. The molecule has 1 N–H and O–H groups in total. The monoisotopic (exact) mass is 297 g/mol.